The molecule has 5 heteroatoms. The van der Waals surface area contributed by atoms with Crippen molar-refractivity contribution < 1.29 is 14.3 Å². The zero-order valence-corrected chi connectivity index (χ0v) is 18.0. The van der Waals surface area contributed by atoms with Crippen LogP contribution < -0.4 is 14.8 Å². The molecule has 3 aromatic carbocycles. The van der Waals surface area contributed by atoms with E-state index in [1.807, 2.05) is 68.4 Å². The Kier molecular flexibility index (Phi) is 7.75. The number of carbonyl (C=O) groups excluding carboxylic acids is 1. The third-order valence-electron chi connectivity index (χ3n) is 4.62. The summed E-state index contributed by atoms with van der Waals surface area (Å²) in [6.07, 6.45) is 1.90. The molecule has 0 fully saturated rings. The van der Waals surface area contributed by atoms with Crippen molar-refractivity contribution in [2.45, 2.75) is 26.7 Å². The van der Waals surface area contributed by atoms with Crippen molar-refractivity contribution in [1.29, 1.82) is 0 Å². The third kappa shape index (κ3) is 6.53. The second-order valence-electron chi connectivity index (χ2n) is 7.17. The van der Waals surface area contributed by atoms with E-state index < -0.39 is 0 Å². The van der Waals surface area contributed by atoms with Crippen LogP contribution in [-0.2, 0) is 11.2 Å². The van der Waals surface area contributed by atoms with Crippen LogP contribution in [0.2, 0.25) is 5.02 Å². The Labute approximate surface area is 182 Å². The first-order valence-electron chi connectivity index (χ1n) is 9.97. The molecule has 0 saturated carbocycles. The highest BCUT2D eigenvalue weighted by molar-refractivity contribution is 6.32. The first kappa shape index (κ1) is 21.7. The normalized spacial score (nSPS) is 10.5. The zero-order valence-electron chi connectivity index (χ0n) is 17.3. The monoisotopic (exact) mass is 423 g/mol. The standard InChI is InChI=1S/C25H26ClNO3/c1-18-14-23(15-19(2)25(18)26)30-17-24(28)27-21-11-6-12-22(16-21)29-13-7-10-20-8-4-3-5-9-20/h3-6,8-9,11-12,14-16H,7,10,13,17H2,1-2H3,(H,27,28). The Morgan fingerprint density at radius 1 is 0.900 bits per heavy atom. The topological polar surface area (TPSA) is 47.6 Å². The Bertz CT molecular complexity index is 966. The lowest BCUT2D eigenvalue weighted by molar-refractivity contribution is -0.118. The van der Waals surface area contributed by atoms with Gasteiger partial charge in [0.05, 0.1) is 6.61 Å². The molecule has 4 nitrogen and oxygen atoms in total. The number of carbonyl (C=O) groups is 1. The van der Waals surface area contributed by atoms with Crippen molar-refractivity contribution >= 4 is 23.2 Å². The van der Waals surface area contributed by atoms with Gasteiger partial charge in [-0.25, -0.2) is 0 Å². The Balaban J connectivity index is 1.45. The molecule has 0 radical (unpaired) electrons. The van der Waals surface area contributed by atoms with Gasteiger partial charge >= 0.3 is 0 Å². The summed E-state index contributed by atoms with van der Waals surface area (Å²) in [5.74, 6) is 1.12. The lowest BCUT2D eigenvalue weighted by atomic mass is 10.1. The number of benzene rings is 3. The number of aryl methyl sites for hydroxylation is 3. The summed E-state index contributed by atoms with van der Waals surface area (Å²) in [5.41, 5.74) is 3.81. The van der Waals surface area contributed by atoms with E-state index in [1.165, 1.54) is 5.56 Å². The van der Waals surface area contributed by atoms with Crippen LogP contribution in [0.15, 0.2) is 66.7 Å². The number of anilines is 1. The van der Waals surface area contributed by atoms with Gasteiger partial charge in [-0.3, -0.25) is 4.79 Å². The van der Waals surface area contributed by atoms with Gasteiger partial charge in [0.1, 0.15) is 11.5 Å². The molecule has 3 aromatic rings. The van der Waals surface area contributed by atoms with Crippen LogP contribution >= 0.6 is 11.6 Å². The van der Waals surface area contributed by atoms with Crippen molar-refractivity contribution in [3.8, 4) is 11.5 Å². The number of hydrogen-bond acceptors (Lipinski definition) is 3. The number of hydrogen-bond donors (Lipinski definition) is 1. The minimum absolute atomic E-state index is 0.0807. The Morgan fingerprint density at radius 3 is 2.37 bits per heavy atom. The second kappa shape index (κ2) is 10.7. The smallest absolute Gasteiger partial charge is 0.262 e. The molecule has 3 rings (SSSR count). The lowest BCUT2D eigenvalue weighted by Crippen LogP contribution is -2.20. The zero-order chi connectivity index (χ0) is 21.3. The van der Waals surface area contributed by atoms with Crippen LogP contribution in [0.1, 0.15) is 23.1 Å². The maximum Gasteiger partial charge on any atom is 0.262 e. The van der Waals surface area contributed by atoms with E-state index in [2.05, 4.69) is 17.4 Å². The van der Waals surface area contributed by atoms with E-state index in [9.17, 15) is 4.79 Å². The molecular weight excluding hydrogens is 398 g/mol. The predicted molar refractivity (Wildman–Crippen MR) is 122 cm³/mol. The first-order chi connectivity index (χ1) is 14.5. The summed E-state index contributed by atoms with van der Waals surface area (Å²) in [6.45, 7) is 4.36. The van der Waals surface area contributed by atoms with Gasteiger partial charge in [-0.2, -0.15) is 0 Å². The van der Waals surface area contributed by atoms with Gasteiger partial charge in [-0.1, -0.05) is 48.0 Å². The third-order valence-corrected chi connectivity index (χ3v) is 5.22. The summed E-state index contributed by atoms with van der Waals surface area (Å²) in [5, 5.41) is 3.55. The highest BCUT2D eigenvalue weighted by Crippen LogP contribution is 2.26. The highest BCUT2D eigenvalue weighted by atomic mass is 35.5. The number of rotatable bonds is 9. The van der Waals surface area contributed by atoms with Crippen LogP contribution in [0, 0.1) is 13.8 Å². The molecule has 0 heterocycles. The average Bonchev–Trinajstić information content (AvgIpc) is 2.74. The summed E-state index contributed by atoms with van der Waals surface area (Å²) < 4.78 is 11.4. The molecule has 30 heavy (non-hydrogen) atoms. The van der Waals surface area contributed by atoms with Crippen molar-refractivity contribution in [3.63, 3.8) is 0 Å². The highest BCUT2D eigenvalue weighted by Gasteiger charge is 2.08. The van der Waals surface area contributed by atoms with E-state index in [4.69, 9.17) is 21.1 Å². The molecule has 0 aliphatic carbocycles. The van der Waals surface area contributed by atoms with Gasteiger partial charge in [0.15, 0.2) is 6.61 Å². The minimum atomic E-state index is -0.235. The molecule has 0 saturated heterocycles. The van der Waals surface area contributed by atoms with Crippen LogP contribution in [0.3, 0.4) is 0 Å². The van der Waals surface area contributed by atoms with E-state index in [0.29, 0.717) is 23.1 Å². The van der Waals surface area contributed by atoms with Crippen LogP contribution in [0.25, 0.3) is 0 Å². The summed E-state index contributed by atoms with van der Waals surface area (Å²) in [7, 11) is 0. The van der Waals surface area contributed by atoms with Gasteiger partial charge in [0, 0.05) is 16.8 Å². The maximum atomic E-state index is 12.2. The van der Waals surface area contributed by atoms with Crippen molar-refractivity contribution in [2.24, 2.45) is 0 Å². The molecule has 1 N–H and O–H groups in total. The summed E-state index contributed by atoms with van der Waals surface area (Å²) >= 11 is 6.16. The largest absolute Gasteiger partial charge is 0.494 e. The van der Waals surface area contributed by atoms with Crippen LogP contribution in [0.5, 0.6) is 11.5 Å². The fourth-order valence-electron chi connectivity index (χ4n) is 3.11. The average molecular weight is 424 g/mol. The molecular formula is C25H26ClNO3. The molecule has 0 aliphatic heterocycles. The van der Waals surface area contributed by atoms with E-state index >= 15 is 0 Å². The fraction of sp³-hybridized carbons (Fsp3) is 0.240. The maximum absolute atomic E-state index is 12.2. The van der Waals surface area contributed by atoms with E-state index in [-0.39, 0.29) is 12.5 Å². The van der Waals surface area contributed by atoms with Crippen molar-refractivity contribution in [2.75, 3.05) is 18.5 Å². The molecule has 0 bridgehead atoms. The number of amides is 1. The van der Waals surface area contributed by atoms with Crippen molar-refractivity contribution in [1.82, 2.24) is 0 Å². The minimum Gasteiger partial charge on any atom is -0.494 e. The van der Waals surface area contributed by atoms with Gasteiger partial charge < -0.3 is 14.8 Å². The quantitative estimate of drug-likeness (QED) is 0.430. The van der Waals surface area contributed by atoms with Crippen LogP contribution in [-0.4, -0.2) is 19.1 Å². The van der Waals surface area contributed by atoms with E-state index in [0.717, 1.165) is 29.7 Å². The SMILES string of the molecule is Cc1cc(OCC(=O)Nc2cccc(OCCCc3ccccc3)c2)cc(C)c1Cl. The second-order valence-corrected chi connectivity index (χ2v) is 7.55. The number of ether oxygens (including phenoxy) is 2. The molecule has 0 atom stereocenters. The Hall–Kier alpha value is -2.98. The molecule has 156 valence electrons. The van der Waals surface area contributed by atoms with Gasteiger partial charge in [0.2, 0.25) is 0 Å². The number of nitrogens with one attached hydrogen (secondary N) is 1. The van der Waals surface area contributed by atoms with Gasteiger partial charge in [-0.05, 0) is 67.6 Å². The number of halogens is 1. The Morgan fingerprint density at radius 2 is 1.63 bits per heavy atom. The fourth-order valence-corrected chi connectivity index (χ4v) is 3.22. The molecule has 1 amide bonds. The lowest BCUT2D eigenvalue weighted by Gasteiger charge is -2.11. The van der Waals surface area contributed by atoms with Gasteiger partial charge in [-0.15, -0.1) is 0 Å². The first-order valence-corrected chi connectivity index (χ1v) is 10.4. The van der Waals surface area contributed by atoms with E-state index in [1.54, 1.807) is 0 Å². The van der Waals surface area contributed by atoms with Crippen molar-refractivity contribution in [3.05, 3.63) is 88.4 Å². The molecule has 0 aromatic heterocycles. The van der Waals surface area contributed by atoms with Crippen LogP contribution in [0.4, 0.5) is 5.69 Å². The predicted octanol–water partition coefficient (Wildman–Crippen LogP) is 5.99. The molecule has 0 spiro atoms. The summed E-state index contributed by atoms with van der Waals surface area (Å²) in [6, 6.07) is 21.4. The molecule has 0 aliphatic rings. The van der Waals surface area contributed by atoms with Gasteiger partial charge in [0.25, 0.3) is 5.91 Å². The molecule has 0 unspecified atom stereocenters. The summed E-state index contributed by atoms with van der Waals surface area (Å²) in [4.78, 5) is 12.2.